The zero-order valence-electron chi connectivity index (χ0n) is 21.8. The van der Waals surface area contributed by atoms with Crippen molar-refractivity contribution in [2.75, 3.05) is 0 Å². The Bertz CT molecular complexity index is 1200. The van der Waals surface area contributed by atoms with Crippen LogP contribution in [0.3, 0.4) is 0 Å². The van der Waals surface area contributed by atoms with Gasteiger partial charge in [0.25, 0.3) is 0 Å². The Morgan fingerprint density at radius 1 is 0.676 bits per heavy atom. The van der Waals surface area contributed by atoms with Gasteiger partial charge in [-0.1, -0.05) is 0 Å². The molecule has 0 saturated heterocycles. The maximum atomic E-state index is 9.32. The third kappa shape index (κ3) is 6.23. The van der Waals surface area contributed by atoms with E-state index in [0.29, 0.717) is 11.1 Å². The number of hydrogen-bond acceptors (Lipinski definition) is 4. The predicted molar refractivity (Wildman–Crippen MR) is 144 cm³/mol. The van der Waals surface area contributed by atoms with Gasteiger partial charge in [0.2, 0.25) is 0 Å². The fourth-order valence-electron chi connectivity index (χ4n) is 4.97. The second-order valence-electron chi connectivity index (χ2n) is 9.52. The first-order valence-corrected chi connectivity index (χ1v) is 17.8. The molecule has 0 heterocycles. The van der Waals surface area contributed by atoms with Crippen LogP contribution in [0.1, 0.15) is 76.3 Å². The summed E-state index contributed by atoms with van der Waals surface area (Å²) in [6.07, 6.45) is 17.3. The van der Waals surface area contributed by atoms with Crippen LogP contribution in [0.15, 0.2) is 90.5 Å². The molecule has 0 spiro atoms. The summed E-state index contributed by atoms with van der Waals surface area (Å²) >= 11 is -4.29. The molecule has 4 nitrogen and oxygen atoms in total. The Morgan fingerprint density at radius 3 is 1.43 bits per heavy atom. The Hall–Kier alpha value is -3.14. The van der Waals surface area contributed by atoms with Gasteiger partial charge in [0.05, 0.1) is 0 Å². The number of nitrogens with zero attached hydrogens (tertiary/aromatic N) is 2. The monoisotopic (exact) mass is 568 g/mol. The minimum absolute atomic E-state index is 0.608. The van der Waals surface area contributed by atoms with E-state index in [0.717, 1.165) is 62.9 Å². The fourth-order valence-corrected chi connectivity index (χ4v) is 14.5. The SMILES string of the molecule is CCCCC1=[C]([Zr]([O]c2ccc(C#N)cc2)([O]c2ccc(C#N)cc2)[C]2=C(CCCC)C=CC2)CC=C1. The summed E-state index contributed by atoms with van der Waals surface area (Å²) in [6.45, 7) is 4.45. The van der Waals surface area contributed by atoms with Gasteiger partial charge in [-0.15, -0.1) is 0 Å². The van der Waals surface area contributed by atoms with E-state index in [1.807, 2.05) is 48.5 Å². The average Bonchev–Trinajstić information content (AvgIpc) is 3.61. The molecule has 4 rings (SSSR count). The Morgan fingerprint density at radius 2 is 1.08 bits per heavy atom. The third-order valence-electron chi connectivity index (χ3n) is 6.94. The van der Waals surface area contributed by atoms with Gasteiger partial charge >= 0.3 is 228 Å². The Balaban J connectivity index is 1.90. The average molecular weight is 570 g/mol. The van der Waals surface area contributed by atoms with E-state index < -0.39 is 21.1 Å². The molecule has 0 N–H and O–H groups in total. The van der Waals surface area contributed by atoms with Crippen molar-refractivity contribution < 1.29 is 26.8 Å². The van der Waals surface area contributed by atoms with Crippen molar-refractivity contribution in [3.8, 4) is 23.6 Å². The summed E-state index contributed by atoms with van der Waals surface area (Å²) in [4.78, 5) is 0. The van der Waals surface area contributed by atoms with Gasteiger partial charge in [-0.3, -0.25) is 0 Å². The molecule has 37 heavy (non-hydrogen) atoms. The van der Waals surface area contributed by atoms with Gasteiger partial charge in [-0.2, -0.15) is 0 Å². The summed E-state index contributed by atoms with van der Waals surface area (Å²) in [5.41, 5.74) is 3.93. The van der Waals surface area contributed by atoms with Crippen molar-refractivity contribution in [3.63, 3.8) is 0 Å². The second kappa shape index (κ2) is 12.9. The van der Waals surface area contributed by atoms with Crippen LogP contribution < -0.4 is 5.63 Å². The van der Waals surface area contributed by atoms with Gasteiger partial charge < -0.3 is 0 Å². The van der Waals surface area contributed by atoms with Gasteiger partial charge in [0, 0.05) is 0 Å². The zero-order chi connectivity index (χ0) is 26.1. The topological polar surface area (TPSA) is 66.0 Å². The Labute approximate surface area is 226 Å². The number of hydrogen-bond donors (Lipinski definition) is 0. The molecule has 0 unspecified atom stereocenters. The van der Waals surface area contributed by atoms with Crippen molar-refractivity contribution in [2.45, 2.75) is 65.2 Å². The molecule has 0 amide bonds. The van der Waals surface area contributed by atoms with Gasteiger partial charge in [-0.25, -0.2) is 0 Å². The van der Waals surface area contributed by atoms with Crippen LogP contribution in [0.5, 0.6) is 11.5 Å². The van der Waals surface area contributed by atoms with Crippen LogP contribution in [-0.2, 0) is 21.1 Å². The summed E-state index contributed by atoms with van der Waals surface area (Å²) in [7, 11) is 0. The number of unbranched alkanes of at least 4 members (excludes halogenated alkanes) is 2. The maximum absolute atomic E-state index is 9.32. The molecule has 0 aliphatic heterocycles. The van der Waals surface area contributed by atoms with Gasteiger partial charge in [-0.05, 0) is 0 Å². The number of benzene rings is 2. The van der Waals surface area contributed by atoms with Gasteiger partial charge in [0.1, 0.15) is 0 Å². The molecule has 0 aromatic heterocycles. The van der Waals surface area contributed by atoms with Gasteiger partial charge in [0.15, 0.2) is 0 Å². The van der Waals surface area contributed by atoms with Crippen molar-refractivity contribution >= 4 is 0 Å². The van der Waals surface area contributed by atoms with Crippen molar-refractivity contribution in [3.05, 3.63) is 102 Å². The molecule has 0 bridgehead atoms. The van der Waals surface area contributed by atoms with E-state index in [2.05, 4.69) is 50.3 Å². The molecule has 2 aliphatic carbocycles. The molecule has 188 valence electrons. The van der Waals surface area contributed by atoms with Crippen LogP contribution >= 0.6 is 0 Å². The molecule has 0 radical (unpaired) electrons. The van der Waals surface area contributed by atoms with Crippen LogP contribution in [0.2, 0.25) is 0 Å². The molecule has 2 aromatic rings. The van der Waals surface area contributed by atoms with Crippen LogP contribution in [0, 0.1) is 22.7 Å². The summed E-state index contributed by atoms with van der Waals surface area (Å²) in [5, 5.41) is 18.6. The Kier molecular flexibility index (Phi) is 9.38. The third-order valence-corrected chi connectivity index (χ3v) is 16.0. The predicted octanol–water partition coefficient (Wildman–Crippen LogP) is 8.68. The van der Waals surface area contributed by atoms with E-state index in [1.54, 1.807) is 0 Å². The summed E-state index contributed by atoms with van der Waals surface area (Å²) in [6, 6.07) is 19.2. The summed E-state index contributed by atoms with van der Waals surface area (Å²) in [5.74, 6) is 1.49. The van der Waals surface area contributed by atoms with Crippen molar-refractivity contribution in [2.24, 2.45) is 0 Å². The molecular formula is C32H34N2O2Zr. The molecule has 0 saturated carbocycles. The normalized spacial score (nSPS) is 14.7. The molecule has 0 fully saturated rings. The van der Waals surface area contributed by atoms with Crippen LogP contribution in [-0.4, -0.2) is 0 Å². The minimum atomic E-state index is -4.29. The molecular weight excluding hydrogens is 536 g/mol. The first-order valence-electron chi connectivity index (χ1n) is 13.3. The van der Waals surface area contributed by atoms with Crippen LogP contribution in [0.4, 0.5) is 0 Å². The first-order chi connectivity index (χ1) is 18.1. The summed E-state index contributed by atoms with van der Waals surface area (Å²) < 4.78 is 17.0. The molecule has 5 heteroatoms. The van der Waals surface area contributed by atoms with E-state index in [1.165, 1.54) is 17.7 Å². The molecule has 2 aliphatic rings. The first kappa shape index (κ1) is 26.9. The van der Waals surface area contributed by atoms with Crippen LogP contribution in [0.25, 0.3) is 0 Å². The number of rotatable bonds is 12. The molecule has 0 atom stereocenters. The zero-order valence-corrected chi connectivity index (χ0v) is 24.3. The van der Waals surface area contributed by atoms with Crippen molar-refractivity contribution in [1.82, 2.24) is 0 Å². The van der Waals surface area contributed by atoms with E-state index in [9.17, 15) is 10.5 Å². The second-order valence-corrected chi connectivity index (χ2v) is 16.5. The quantitative estimate of drug-likeness (QED) is 0.256. The standard InChI is InChI=1S/2C9H13.2C7H5NO.Zr/c2*1-2-3-6-9-7-4-5-8-9;2*8-5-6-1-3-7(9)4-2-6;/h2*4,7H,2-3,5-6H2,1H3;2*1-4,9H;/q;;;;+2/p-2. The fraction of sp³-hybridized carbons (Fsp3) is 0.312. The number of allylic oxidation sites excluding steroid dienone is 8. The van der Waals surface area contributed by atoms with Crippen molar-refractivity contribution in [1.29, 1.82) is 10.5 Å². The van der Waals surface area contributed by atoms with E-state index in [-0.39, 0.29) is 0 Å². The molecule has 2 aromatic carbocycles. The van der Waals surface area contributed by atoms with E-state index >= 15 is 0 Å². The van der Waals surface area contributed by atoms with E-state index in [4.69, 9.17) is 5.63 Å². The number of nitriles is 2.